The first-order valence-corrected chi connectivity index (χ1v) is 7.73. The number of rotatable bonds is 5. The number of benzene rings is 1. The lowest BCUT2D eigenvalue weighted by molar-refractivity contribution is 0.565. The SMILES string of the molecule is Cc1cc(C)n(CCc2n[nH]c(=S)n2Cc2ccccc2)n1. The highest BCUT2D eigenvalue weighted by atomic mass is 32.1. The molecule has 3 aromatic rings. The average molecular weight is 313 g/mol. The lowest BCUT2D eigenvalue weighted by Gasteiger charge is -2.08. The molecule has 22 heavy (non-hydrogen) atoms. The van der Waals surface area contributed by atoms with E-state index in [0.717, 1.165) is 31.0 Å². The zero-order chi connectivity index (χ0) is 15.5. The molecule has 0 atom stereocenters. The van der Waals surface area contributed by atoms with Crippen LogP contribution in [0, 0.1) is 18.6 Å². The molecule has 3 rings (SSSR count). The molecule has 1 N–H and O–H groups in total. The van der Waals surface area contributed by atoms with Crippen molar-refractivity contribution >= 4 is 12.2 Å². The Kier molecular flexibility index (Phi) is 4.20. The van der Waals surface area contributed by atoms with E-state index in [9.17, 15) is 0 Å². The molecule has 0 bridgehead atoms. The number of aromatic nitrogens is 5. The van der Waals surface area contributed by atoms with Crippen molar-refractivity contribution in [3.63, 3.8) is 0 Å². The second-order valence-corrected chi connectivity index (χ2v) is 5.80. The van der Waals surface area contributed by atoms with Crippen LogP contribution < -0.4 is 0 Å². The van der Waals surface area contributed by atoms with Gasteiger partial charge in [0.05, 0.1) is 12.2 Å². The van der Waals surface area contributed by atoms with Gasteiger partial charge in [-0.1, -0.05) is 30.3 Å². The normalized spacial score (nSPS) is 11.0. The molecule has 2 aromatic heterocycles. The summed E-state index contributed by atoms with van der Waals surface area (Å²) in [5.74, 6) is 0.960. The number of H-pyrrole nitrogens is 1. The Morgan fingerprint density at radius 1 is 1.18 bits per heavy atom. The summed E-state index contributed by atoms with van der Waals surface area (Å²) in [5, 5.41) is 11.8. The van der Waals surface area contributed by atoms with E-state index in [1.807, 2.05) is 29.8 Å². The van der Waals surface area contributed by atoms with E-state index in [1.165, 1.54) is 11.3 Å². The van der Waals surface area contributed by atoms with E-state index in [1.54, 1.807) is 0 Å². The molecule has 0 saturated carbocycles. The summed E-state index contributed by atoms with van der Waals surface area (Å²) < 4.78 is 4.73. The monoisotopic (exact) mass is 313 g/mol. The molecule has 0 aliphatic rings. The Morgan fingerprint density at radius 3 is 2.64 bits per heavy atom. The third-order valence-corrected chi connectivity index (χ3v) is 3.98. The Balaban J connectivity index is 1.77. The number of aromatic amines is 1. The second-order valence-electron chi connectivity index (χ2n) is 5.42. The van der Waals surface area contributed by atoms with Crippen molar-refractivity contribution < 1.29 is 0 Å². The van der Waals surface area contributed by atoms with Gasteiger partial charge >= 0.3 is 0 Å². The van der Waals surface area contributed by atoms with Crippen LogP contribution in [0.4, 0.5) is 0 Å². The van der Waals surface area contributed by atoms with E-state index in [0.29, 0.717) is 4.77 Å². The molecule has 0 unspecified atom stereocenters. The first-order valence-electron chi connectivity index (χ1n) is 7.32. The summed E-state index contributed by atoms with van der Waals surface area (Å²) in [6.07, 6.45) is 0.794. The van der Waals surface area contributed by atoms with Crippen molar-refractivity contribution in [3.8, 4) is 0 Å². The van der Waals surface area contributed by atoms with Crippen LogP contribution in [0.25, 0.3) is 0 Å². The Bertz CT molecular complexity index is 813. The molecular formula is C16H19N5S. The highest BCUT2D eigenvalue weighted by molar-refractivity contribution is 7.71. The fraction of sp³-hybridized carbons (Fsp3) is 0.312. The average Bonchev–Trinajstić information content (AvgIpc) is 3.01. The van der Waals surface area contributed by atoms with Crippen molar-refractivity contribution in [1.29, 1.82) is 0 Å². The van der Waals surface area contributed by atoms with Gasteiger partial charge < -0.3 is 0 Å². The topological polar surface area (TPSA) is 51.4 Å². The van der Waals surface area contributed by atoms with E-state index < -0.39 is 0 Å². The maximum Gasteiger partial charge on any atom is 0.195 e. The third-order valence-electron chi connectivity index (χ3n) is 3.67. The number of aryl methyl sites for hydroxylation is 4. The number of nitrogens with one attached hydrogen (secondary N) is 1. The largest absolute Gasteiger partial charge is 0.300 e. The van der Waals surface area contributed by atoms with Gasteiger partial charge in [-0.3, -0.25) is 14.3 Å². The van der Waals surface area contributed by atoms with Crippen molar-refractivity contribution in [1.82, 2.24) is 24.5 Å². The predicted molar refractivity (Wildman–Crippen MR) is 88.4 cm³/mol. The molecule has 2 heterocycles. The Morgan fingerprint density at radius 2 is 1.95 bits per heavy atom. The number of hydrogen-bond donors (Lipinski definition) is 1. The van der Waals surface area contributed by atoms with Gasteiger partial charge in [0.1, 0.15) is 5.82 Å². The summed E-state index contributed by atoms with van der Waals surface area (Å²) >= 11 is 5.36. The van der Waals surface area contributed by atoms with Crippen molar-refractivity contribution in [2.24, 2.45) is 0 Å². The maximum atomic E-state index is 5.36. The van der Waals surface area contributed by atoms with Gasteiger partial charge in [0, 0.05) is 18.7 Å². The summed E-state index contributed by atoms with van der Waals surface area (Å²) in [6, 6.07) is 12.4. The first kappa shape index (κ1) is 14.7. The minimum Gasteiger partial charge on any atom is -0.300 e. The second kappa shape index (κ2) is 6.27. The molecule has 0 radical (unpaired) electrons. The van der Waals surface area contributed by atoms with E-state index in [4.69, 9.17) is 12.2 Å². The number of hydrogen-bond acceptors (Lipinski definition) is 3. The van der Waals surface area contributed by atoms with Gasteiger partial charge in [0.25, 0.3) is 0 Å². The zero-order valence-electron chi connectivity index (χ0n) is 12.8. The van der Waals surface area contributed by atoms with Crippen molar-refractivity contribution in [3.05, 3.63) is 63.9 Å². The molecule has 0 amide bonds. The molecule has 114 valence electrons. The Labute approximate surface area is 134 Å². The van der Waals surface area contributed by atoms with Crippen LogP contribution in [0.1, 0.15) is 22.8 Å². The van der Waals surface area contributed by atoms with Crippen LogP contribution in [-0.2, 0) is 19.5 Å². The van der Waals surface area contributed by atoms with Crippen molar-refractivity contribution in [2.45, 2.75) is 33.4 Å². The molecule has 0 aliphatic carbocycles. The molecule has 5 nitrogen and oxygen atoms in total. The van der Waals surface area contributed by atoms with Crippen LogP contribution >= 0.6 is 12.2 Å². The van der Waals surface area contributed by atoms with Crippen LogP contribution in [0.15, 0.2) is 36.4 Å². The van der Waals surface area contributed by atoms with Crippen LogP contribution in [0.3, 0.4) is 0 Å². The molecule has 0 spiro atoms. The third kappa shape index (κ3) is 3.17. The van der Waals surface area contributed by atoms with Gasteiger partial charge in [-0.15, -0.1) is 0 Å². The minimum atomic E-state index is 0.659. The summed E-state index contributed by atoms with van der Waals surface area (Å²) in [6.45, 7) is 5.62. The smallest absolute Gasteiger partial charge is 0.195 e. The van der Waals surface area contributed by atoms with Gasteiger partial charge in [0.15, 0.2) is 4.77 Å². The first-order chi connectivity index (χ1) is 10.6. The zero-order valence-corrected chi connectivity index (χ0v) is 13.6. The van der Waals surface area contributed by atoms with E-state index in [-0.39, 0.29) is 0 Å². The molecule has 6 heteroatoms. The predicted octanol–water partition coefficient (Wildman–Crippen LogP) is 3.05. The standard InChI is InChI=1S/C16H19N5S/c1-12-10-13(2)21(19-12)9-8-15-17-18-16(22)20(15)11-14-6-4-3-5-7-14/h3-7,10H,8-9,11H2,1-2H3,(H,18,22). The lowest BCUT2D eigenvalue weighted by atomic mass is 10.2. The van der Waals surface area contributed by atoms with E-state index >= 15 is 0 Å². The van der Waals surface area contributed by atoms with E-state index in [2.05, 4.69) is 45.0 Å². The minimum absolute atomic E-state index is 0.659. The quantitative estimate of drug-likeness (QED) is 0.737. The van der Waals surface area contributed by atoms with Gasteiger partial charge in [-0.25, -0.2) is 0 Å². The van der Waals surface area contributed by atoms with Gasteiger partial charge in [-0.2, -0.15) is 10.2 Å². The molecule has 0 aliphatic heterocycles. The summed E-state index contributed by atoms with van der Waals surface area (Å²) in [5.41, 5.74) is 3.43. The fourth-order valence-corrected chi connectivity index (χ4v) is 2.79. The number of nitrogens with zero attached hydrogens (tertiary/aromatic N) is 4. The van der Waals surface area contributed by atoms with Crippen molar-refractivity contribution in [2.75, 3.05) is 0 Å². The van der Waals surface area contributed by atoms with Gasteiger partial charge in [0.2, 0.25) is 0 Å². The molecule has 0 fully saturated rings. The maximum absolute atomic E-state index is 5.36. The molecular weight excluding hydrogens is 294 g/mol. The fourth-order valence-electron chi connectivity index (χ4n) is 2.58. The summed E-state index contributed by atoms with van der Waals surface area (Å²) in [7, 11) is 0. The van der Waals surface area contributed by atoms with Gasteiger partial charge in [-0.05, 0) is 37.7 Å². The van der Waals surface area contributed by atoms with Crippen LogP contribution in [0.5, 0.6) is 0 Å². The molecule has 0 saturated heterocycles. The highest BCUT2D eigenvalue weighted by Gasteiger charge is 2.08. The summed E-state index contributed by atoms with van der Waals surface area (Å²) in [4.78, 5) is 0. The van der Waals surface area contributed by atoms with Crippen LogP contribution in [0.2, 0.25) is 0 Å². The van der Waals surface area contributed by atoms with Crippen LogP contribution in [-0.4, -0.2) is 24.5 Å². The lowest BCUT2D eigenvalue weighted by Crippen LogP contribution is -2.11. The highest BCUT2D eigenvalue weighted by Crippen LogP contribution is 2.08. The Hall–Kier alpha value is -2.21. The molecule has 1 aromatic carbocycles.